The van der Waals surface area contributed by atoms with Crippen molar-refractivity contribution in [3.8, 4) is 11.5 Å². The minimum atomic E-state index is -0.464. The number of benzene rings is 2. The van der Waals surface area contributed by atoms with E-state index in [0.717, 1.165) is 19.0 Å². The maximum atomic E-state index is 12.0. The van der Waals surface area contributed by atoms with Crippen LogP contribution in [0.1, 0.15) is 26.3 Å². The van der Waals surface area contributed by atoms with Crippen molar-refractivity contribution in [1.29, 1.82) is 0 Å². The fraction of sp³-hybridized carbons (Fsp3) is 0.278. The highest BCUT2D eigenvalue weighted by Gasteiger charge is 2.16. The van der Waals surface area contributed by atoms with E-state index in [9.17, 15) is 4.79 Å². The van der Waals surface area contributed by atoms with Crippen molar-refractivity contribution >= 4 is 53.8 Å². The summed E-state index contributed by atoms with van der Waals surface area (Å²) >= 11 is 10.2. The monoisotopic (exact) mass is 518 g/mol. The summed E-state index contributed by atoms with van der Waals surface area (Å²) in [5.41, 5.74) is 1.19. The summed E-state index contributed by atoms with van der Waals surface area (Å²) in [4.78, 5) is 12.0. The SMILES string of the molecule is CC(C)(C)c1ccc(OC(=O)COc2ccc(Br)cc2Br)c(Br)c1. The van der Waals surface area contributed by atoms with Crippen LogP contribution in [0.3, 0.4) is 0 Å². The van der Waals surface area contributed by atoms with E-state index in [-0.39, 0.29) is 12.0 Å². The van der Waals surface area contributed by atoms with Crippen LogP contribution < -0.4 is 9.47 Å². The van der Waals surface area contributed by atoms with Gasteiger partial charge in [-0.05, 0) is 73.2 Å². The Morgan fingerprint density at radius 3 is 2.17 bits per heavy atom. The zero-order valence-electron chi connectivity index (χ0n) is 13.5. The third-order valence-electron chi connectivity index (χ3n) is 3.26. The van der Waals surface area contributed by atoms with Crippen LogP contribution in [0.2, 0.25) is 0 Å². The molecular formula is C18H17Br3O3. The van der Waals surface area contributed by atoms with Crippen LogP contribution in [-0.2, 0) is 10.2 Å². The van der Waals surface area contributed by atoms with Gasteiger partial charge in [0, 0.05) is 4.47 Å². The summed E-state index contributed by atoms with van der Waals surface area (Å²) in [6.45, 7) is 6.22. The van der Waals surface area contributed by atoms with Crippen LogP contribution in [0.5, 0.6) is 11.5 Å². The van der Waals surface area contributed by atoms with Gasteiger partial charge in [-0.15, -0.1) is 0 Å². The number of halogens is 3. The van der Waals surface area contributed by atoms with Gasteiger partial charge in [0.15, 0.2) is 6.61 Å². The number of ether oxygens (including phenoxy) is 2. The van der Waals surface area contributed by atoms with Gasteiger partial charge in [0.05, 0.1) is 8.95 Å². The number of hydrogen-bond donors (Lipinski definition) is 0. The number of hydrogen-bond acceptors (Lipinski definition) is 3. The molecule has 6 heteroatoms. The summed E-state index contributed by atoms with van der Waals surface area (Å²) in [6.07, 6.45) is 0. The van der Waals surface area contributed by atoms with Gasteiger partial charge < -0.3 is 9.47 Å². The first-order chi connectivity index (χ1) is 11.2. The van der Waals surface area contributed by atoms with E-state index in [1.165, 1.54) is 0 Å². The molecule has 0 spiro atoms. The highest BCUT2D eigenvalue weighted by atomic mass is 79.9. The average molecular weight is 521 g/mol. The highest BCUT2D eigenvalue weighted by Crippen LogP contribution is 2.32. The fourth-order valence-electron chi connectivity index (χ4n) is 1.93. The van der Waals surface area contributed by atoms with Crippen LogP contribution >= 0.6 is 47.8 Å². The van der Waals surface area contributed by atoms with Crippen LogP contribution in [-0.4, -0.2) is 12.6 Å². The van der Waals surface area contributed by atoms with Crippen molar-refractivity contribution in [2.24, 2.45) is 0 Å². The Kier molecular flexibility index (Phi) is 6.51. The van der Waals surface area contributed by atoms with Crippen LogP contribution in [0.15, 0.2) is 49.8 Å². The van der Waals surface area contributed by atoms with E-state index in [1.54, 1.807) is 12.1 Å². The van der Waals surface area contributed by atoms with Gasteiger partial charge >= 0.3 is 5.97 Å². The minimum Gasteiger partial charge on any atom is -0.481 e. The third kappa shape index (κ3) is 5.33. The number of carbonyl (C=O) groups excluding carboxylic acids is 1. The van der Waals surface area contributed by atoms with Crippen molar-refractivity contribution < 1.29 is 14.3 Å². The van der Waals surface area contributed by atoms with Gasteiger partial charge in [-0.25, -0.2) is 4.79 Å². The Labute approximate surface area is 167 Å². The second-order valence-corrected chi connectivity index (χ2v) is 8.86. The molecule has 0 saturated carbocycles. The fourth-order valence-corrected chi connectivity index (χ4v) is 3.55. The molecule has 2 aromatic carbocycles. The number of rotatable bonds is 4. The van der Waals surface area contributed by atoms with Gasteiger partial charge in [-0.3, -0.25) is 0 Å². The maximum Gasteiger partial charge on any atom is 0.349 e. The van der Waals surface area contributed by atoms with Crippen molar-refractivity contribution in [2.45, 2.75) is 26.2 Å². The second kappa shape index (κ2) is 8.02. The molecule has 24 heavy (non-hydrogen) atoms. The van der Waals surface area contributed by atoms with Crippen molar-refractivity contribution in [3.05, 3.63) is 55.4 Å². The Morgan fingerprint density at radius 2 is 1.58 bits per heavy atom. The van der Waals surface area contributed by atoms with E-state index in [1.807, 2.05) is 24.3 Å². The standard InChI is InChI=1S/C18H17Br3O3/c1-18(2,3)11-4-6-16(13(20)8-11)24-17(22)10-23-15-7-5-12(19)9-14(15)21/h4-9H,10H2,1-3H3. The predicted molar refractivity (Wildman–Crippen MR) is 106 cm³/mol. The van der Waals surface area contributed by atoms with Crippen LogP contribution in [0.25, 0.3) is 0 Å². The molecule has 0 atom stereocenters. The molecular weight excluding hydrogens is 504 g/mol. The van der Waals surface area contributed by atoms with E-state index >= 15 is 0 Å². The van der Waals surface area contributed by atoms with Gasteiger partial charge in [0.25, 0.3) is 0 Å². The molecule has 0 radical (unpaired) electrons. The van der Waals surface area contributed by atoms with Gasteiger partial charge in [-0.1, -0.05) is 42.8 Å². The summed E-state index contributed by atoms with van der Waals surface area (Å²) < 4.78 is 13.3. The smallest absolute Gasteiger partial charge is 0.349 e. The molecule has 0 heterocycles. The molecule has 0 aromatic heterocycles. The quantitative estimate of drug-likeness (QED) is 0.353. The first-order valence-electron chi connectivity index (χ1n) is 7.25. The molecule has 128 valence electrons. The largest absolute Gasteiger partial charge is 0.481 e. The third-order valence-corrected chi connectivity index (χ3v) is 4.99. The van der Waals surface area contributed by atoms with Crippen LogP contribution in [0.4, 0.5) is 0 Å². The lowest BCUT2D eigenvalue weighted by Gasteiger charge is -2.20. The van der Waals surface area contributed by atoms with E-state index in [2.05, 4.69) is 68.6 Å². The summed E-state index contributed by atoms with van der Waals surface area (Å²) in [5.74, 6) is 0.595. The lowest BCUT2D eigenvalue weighted by atomic mass is 9.87. The molecule has 3 nitrogen and oxygen atoms in total. The first kappa shape index (κ1) is 19.5. The Bertz CT molecular complexity index is 752. The molecule has 2 rings (SSSR count). The topological polar surface area (TPSA) is 35.5 Å². The molecule has 0 aliphatic heterocycles. The van der Waals surface area contributed by atoms with Crippen LogP contribution in [0, 0.1) is 0 Å². The highest BCUT2D eigenvalue weighted by molar-refractivity contribution is 9.11. The summed E-state index contributed by atoms with van der Waals surface area (Å²) in [6, 6.07) is 11.2. The molecule has 0 fully saturated rings. The van der Waals surface area contributed by atoms with Gasteiger partial charge in [-0.2, -0.15) is 0 Å². The van der Waals surface area contributed by atoms with Gasteiger partial charge in [0.2, 0.25) is 0 Å². The minimum absolute atomic E-state index is 0.0298. The number of carbonyl (C=O) groups is 1. The lowest BCUT2D eigenvalue weighted by molar-refractivity contribution is -0.136. The molecule has 0 bridgehead atoms. The molecule has 0 N–H and O–H groups in total. The predicted octanol–water partition coefficient (Wildman–Crippen LogP) is 6.26. The van der Waals surface area contributed by atoms with E-state index in [0.29, 0.717) is 11.5 Å². The van der Waals surface area contributed by atoms with E-state index in [4.69, 9.17) is 9.47 Å². The Balaban J connectivity index is 2.00. The Morgan fingerprint density at radius 1 is 0.958 bits per heavy atom. The average Bonchev–Trinajstić information content (AvgIpc) is 2.47. The molecule has 0 amide bonds. The van der Waals surface area contributed by atoms with Crippen molar-refractivity contribution in [2.75, 3.05) is 6.61 Å². The van der Waals surface area contributed by atoms with Crippen molar-refractivity contribution in [3.63, 3.8) is 0 Å². The summed E-state index contributed by atoms with van der Waals surface area (Å²) in [7, 11) is 0. The summed E-state index contributed by atoms with van der Waals surface area (Å²) in [5, 5.41) is 0. The molecule has 0 aliphatic rings. The lowest BCUT2D eigenvalue weighted by Crippen LogP contribution is -2.18. The zero-order valence-corrected chi connectivity index (χ0v) is 18.3. The van der Waals surface area contributed by atoms with E-state index < -0.39 is 5.97 Å². The maximum absolute atomic E-state index is 12.0. The first-order valence-corrected chi connectivity index (χ1v) is 9.63. The second-order valence-electron chi connectivity index (χ2n) is 6.23. The number of esters is 1. The molecule has 0 aliphatic carbocycles. The zero-order chi connectivity index (χ0) is 17.9. The van der Waals surface area contributed by atoms with Gasteiger partial charge in [0.1, 0.15) is 11.5 Å². The molecule has 0 unspecified atom stereocenters. The molecule has 0 saturated heterocycles. The normalized spacial score (nSPS) is 11.2. The Hall–Kier alpha value is -0.850. The molecule has 2 aromatic rings. The van der Waals surface area contributed by atoms with Crippen molar-refractivity contribution in [1.82, 2.24) is 0 Å².